The number of hydrogen-bond acceptors (Lipinski definition) is 3. The van der Waals surface area contributed by atoms with E-state index in [4.69, 9.17) is 0 Å². The maximum absolute atomic E-state index is 12.4. The lowest BCUT2D eigenvalue weighted by Crippen LogP contribution is -2.23. The van der Waals surface area contributed by atoms with Crippen molar-refractivity contribution >= 4 is 21.6 Å². The van der Waals surface area contributed by atoms with E-state index < -0.39 is 10.0 Å². The van der Waals surface area contributed by atoms with Crippen LogP contribution in [-0.2, 0) is 10.0 Å². The summed E-state index contributed by atoms with van der Waals surface area (Å²) in [7, 11) is -3.58. The third-order valence-corrected chi connectivity index (χ3v) is 4.91. The summed E-state index contributed by atoms with van der Waals surface area (Å²) < 4.78 is 26.4. The Labute approximate surface area is 136 Å². The number of benzene rings is 2. The van der Waals surface area contributed by atoms with Crippen molar-refractivity contribution < 1.29 is 13.2 Å². The summed E-state index contributed by atoms with van der Waals surface area (Å²) in [6.07, 6.45) is 0. The smallest absolute Gasteiger partial charge is 0.255 e. The monoisotopic (exact) mass is 332 g/mol. The zero-order valence-electron chi connectivity index (χ0n) is 13.4. The van der Waals surface area contributed by atoms with Gasteiger partial charge in [-0.05, 0) is 43.7 Å². The van der Waals surface area contributed by atoms with Crippen molar-refractivity contribution in [3.05, 3.63) is 59.2 Å². The third-order valence-electron chi connectivity index (χ3n) is 3.37. The van der Waals surface area contributed by atoms with Gasteiger partial charge in [0.1, 0.15) is 0 Å². The van der Waals surface area contributed by atoms with E-state index in [1.54, 1.807) is 19.1 Å². The number of carbonyl (C=O) groups is 1. The second-order valence-electron chi connectivity index (χ2n) is 5.30. The van der Waals surface area contributed by atoms with Crippen molar-refractivity contribution in [2.24, 2.45) is 0 Å². The number of aryl methyl sites for hydroxylation is 2. The average Bonchev–Trinajstić information content (AvgIpc) is 2.50. The molecular formula is C17H20N2O3S. The molecule has 0 unspecified atom stereocenters. The SMILES string of the molecule is CCNS(=O)(=O)c1cccc(C(=O)Nc2ccc(C)cc2C)c1. The molecule has 0 bridgehead atoms. The van der Waals surface area contributed by atoms with E-state index in [1.807, 2.05) is 32.0 Å². The van der Waals surface area contributed by atoms with Gasteiger partial charge < -0.3 is 5.32 Å². The molecule has 122 valence electrons. The summed E-state index contributed by atoms with van der Waals surface area (Å²) in [5, 5.41) is 2.81. The number of carbonyl (C=O) groups excluding carboxylic acids is 1. The normalized spacial score (nSPS) is 11.3. The highest BCUT2D eigenvalue weighted by Crippen LogP contribution is 2.18. The lowest BCUT2D eigenvalue weighted by molar-refractivity contribution is 0.102. The van der Waals surface area contributed by atoms with E-state index in [1.165, 1.54) is 12.1 Å². The summed E-state index contributed by atoms with van der Waals surface area (Å²) in [6, 6.07) is 11.7. The molecule has 6 heteroatoms. The molecule has 0 atom stereocenters. The predicted octanol–water partition coefficient (Wildman–Crippen LogP) is 2.85. The van der Waals surface area contributed by atoms with Gasteiger partial charge in [0, 0.05) is 17.8 Å². The quantitative estimate of drug-likeness (QED) is 0.884. The van der Waals surface area contributed by atoms with E-state index in [0.29, 0.717) is 17.8 Å². The predicted molar refractivity (Wildman–Crippen MR) is 91.2 cm³/mol. The fourth-order valence-electron chi connectivity index (χ4n) is 2.23. The molecule has 23 heavy (non-hydrogen) atoms. The highest BCUT2D eigenvalue weighted by molar-refractivity contribution is 7.89. The summed E-state index contributed by atoms with van der Waals surface area (Å²) in [5.41, 5.74) is 3.07. The summed E-state index contributed by atoms with van der Waals surface area (Å²) >= 11 is 0. The van der Waals surface area contributed by atoms with E-state index in [-0.39, 0.29) is 10.8 Å². The fourth-order valence-corrected chi connectivity index (χ4v) is 3.31. The molecular weight excluding hydrogens is 312 g/mol. The van der Waals surface area contributed by atoms with Crippen LogP contribution in [0.25, 0.3) is 0 Å². The van der Waals surface area contributed by atoms with E-state index in [2.05, 4.69) is 10.0 Å². The largest absolute Gasteiger partial charge is 0.322 e. The molecule has 0 aliphatic rings. The number of amides is 1. The molecule has 0 aromatic heterocycles. The molecule has 2 rings (SSSR count). The van der Waals surface area contributed by atoms with Crippen LogP contribution in [0, 0.1) is 13.8 Å². The third kappa shape index (κ3) is 4.18. The number of anilines is 1. The molecule has 0 spiro atoms. The van der Waals surface area contributed by atoms with Crippen LogP contribution in [0.4, 0.5) is 5.69 Å². The van der Waals surface area contributed by atoms with E-state index in [0.717, 1.165) is 11.1 Å². The van der Waals surface area contributed by atoms with Crippen LogP contribution in [0.3, 0.4) is 0 Å². The van der Waals surface area contributed by atoms with Gasteiger partial charge in [0.25, 0.3) is 5.91 Å². The first-order chi connectivity index (χ1) is 10.8. The van der Waals surface area contributed by atoms with Crippen LogP contribution in [0.15, 0.2) is 47.4 Å². The molecule has 0 aliphatic carbocycles. The molecule has 0 saturated heterocycles. The highest BCUT2D eigenvalue weighted by Gasteiger charge is 2.15. The van der Waals surface area contributed by atoms with Gasteiger partial charge >= 0.3 is 0 Å². The molecule has 0 heterocycles. The minimum Gasteiger partial charge on any atom is -0.322 e. The maximum atomic E-state index is 12.4. The van der Waals surface area contributed by atoms with Gasteiger partial charge in [-0.1, -0.05) is 30.7 Å². The Morgan fingerprint density at radius 3 is 2.48 bits per heavy atom. The summed E-state index contributed by atoms with van der Waals surface area (Å²) in [6.45, 7) is 5.89. The first kappa shape index (κ1) is 17.2. The van der Waals surface area contributed by atoms with Crippen molar-refractivity contribution in [1.29, 1.82) is 0 Å². The molecule has 1 amide bonds. The summed E-state index contributed by atoms with van der Waals surface area (Å²) in [5.74, 6) is -0.342. The van der Waals surface area contributed by atoms with Gasteiger partial charge in [-0.15, -0.1) is 0 Å². The average molecular weight is 332 g/mol. The molecule has 2 aromatic carbocycles. The van der Waals surface area contributed by atoms with Crippen molar-refractivity contribution in [3.63, 3.8) is 0 Å². The minimum absolute atomic E-state index is 0.0765. The molecule has 0 saturated carbocycles. The lowest BCUT2D eigenvalue weighted by atomic mass is 10.1. The van der Waals surface area contributed by atoms with Gasteiger partial charge in [-0.2, -0.15) is 0 Å². The van der Waals surface area contributed by atoms with Crippen molar-refractivity contribution in [2.75, 3.05) is 11.9 Å². The van der Waals surface area contributed by atoms with E-state index in [9.17, 15) is 13.2 Å². The Hall–Kier alpha value is -2.18. The number of hydrogen-bond donors (Lipinski definition) is 2. The molecule has 5 nitrogen and oxygen atoms in total. The van der Waals surface area contributed by atoms with Crippen molar-refractivity contribution in [2.45, 2.75) is 25.7 Å². The van der Waals surface area contributed by atoms with Gasteiger partial charge in [-0.3, -0.25) is 4.79 Å². The van der Waals surface area contributed by atoms with Crippen molar-refractivity contribution in [3.8, 4) is 0 Å². The number of nitrogens with one attached hydrogen (secondary N) is 2. The first-order valence-electron chi connectivity index (χ1n) is 7.32. The first-order valence-corrected chi connectivity index (χ1v) is 8.80. The Morgan fingerprint density at radius 1 is 1.09 bits per heavy atom. The minimum atomic E-state index is -3.58. The van der Waals surface area contributed by atoms with Crippen LogP contribution in [0.1, 0.15) is 28.4 Å². The van der Waals surface area contributed by atoms with Crippen LogP contribution in [0.5, 0.6) is 0 Å². The molecule has 0 radical (unpaired) electrons. The van der Waals surface area contributed by atoms with Gasteiger partial charge in [0.2, 0.25) is 10.0 Å². The maximum Gasteiger partial charge on any atom is 0.255 e. The van der Waals surface area contributed by atoms with Crippen LogP contribution in [0.2, 0.25) is 0 Å². The highest BCUT2D eigenvalue weighted by atomic mass is 32.2. The molecule has 2 aromatic rings. The van der Waals surface area contributed by atoms with E-state index >= 15 is 0 Å². The second-order valence-corrected chi connectivity index (χ2v) is 7.07. The standard InChI is InChI=1S/C17H20N2O3S/c1-4-18-23(21,22)15-7-5-6-14(11-15)17(20)19-16-9-8-12(2)10-13(16)3/h5-11,18H,4H2,1-3H3,(H,19,20). The number of sulfonamides is 1. The van der Waals surface area contributed by atoms with Crippen molar-refractivity contribution in [1.82, 2.24) is 4.72 Å². The molecule has 0 fully saturated rings. The lowest BCUT2D eigenvalue weighted by Gasteiger charge is -2.10. The summed E-state index contributed by atoms with van der Waals surface area (Å²) in [4.78, 5) is 12.4. The zero-order valence-corrected chi connectivity index (χ0v) is 14.2. The van der Waals surface area contributed by atoms with Gasteiger partial charge in [0.05, 0.1) is 4.90 Å². The molecule has 0 aliphatic heterocycles. The van der Waals surface area contributed by atoms with Crippen LogP contribution in [-0.4, -0.2) is 20.9 Å². The topological polar surface area (TPSA) is 75.3 Å². The Kier molecular flexibility index (Phi) is 5.18. The fraction of sp³-hybridized carbons (Fsp3) is 0.235. The van der Waals surface area contributed by atoms with Crippen LogP contribution >= 0.6 is 0 Å². The van der Waals surface area contributed by atoms with Gasteiger partial charge in [-0.25, -0.2) is 13.1 Å². The zero-order chi connectivity index (χ0) is 17.0. The van der Waals surface area contributed by atoms with Crippen LogP contribution < -0.4 is 10.0 Å². The Morgan fingerprint density at radius 2 is 1.83 bits per heavy atom. The number of rotatable bonds is 5. The molecule has 2 N–H and O–H groups in total. The second kappa shape index (κ2) is 6.93. The van der Waals surface area contributed by atoms with Gasteiger partial charge in [0.15, 0.2) is 0 Å². The Balaban J connectivity index is 2.27. The Bertz CT molecular complexity index is 829.